The molecule has 0 aliphatic carbocycles. The van der Waals surface area contributed by atoms with Crippen LogP contribution in [0.2, 0.25) is 0 Å². The van der Waals surface area contributed by atoms with Crippen LogP contribution in [0.3, 0.4) is 0 Å². The zero-order valence-corrected chi connectivity index (χ0v) is 12.7. The number of amides is 1. The average molecular weight is 296 g/mol. The molecule has 0 bridgehead atoms. The standard InChI is InChI=1S/C15H18N2O4.Li/c18-14(12-8-21-9-12)17-5-2-10(3-6-17)11-1-4-16-13(7-11)15(19)20;/h1,4,7,10,12H,2-3,5-6,8-9H2,(H,19,20);/q;+1/p-1. The van der Waals surface area contributed by atoms with Crippen LogP contribution in [0.1, 0.15) is 34.8 Å². The summed E-state index contributed by atoms with van der Waals surface area (Å²) in [7, 11) is 0. The summed E-state index contributed by atoms with van der Waals surface area (Å²) < 4.78 is 5.06. The molecule has 0 spiro atoms. The molecule has 2 saturated heterocycles. The van der Waals surface area contributed by atoms with Crippen molar-refractivity contribution >= 4 is 11.9 Å². The van der Waals surface area contributed by atoms with Gasteiger partial charge >= 0.3 is 18.9 Å². The minimum Gasteiger partial charge on any atom is -0.543 e. The Bertz CT molecular complexity index is 554. The Hall–Kier alpha value is -1.35. The van der Waals surface area contributed by atoms with Crippen molar-refractivity contribution in [2.45, 2.75) is 18.8 Å². The van der Waals surface area contributed by atoms with Gasteiger partial charge in [0.25, 0.3) is 0 Å². The molecule has 0 N–H and O–H groups in total. The first-order valence-corrected chi connectivity index (χ1v) is 7.19. The van der Waals surface area contributed by atoms with E-state index >= 15 is 0 Å². The number of hydrogen-bond donors (Lipinski definition) is 0. The molecule has 0 saturated carbocycles. The summed E-state index contributed by atoms with van der Waals surface area (Å²) in [5.41, 5.74) is 0.931. The van der Waals surface area contributed by atoms with Crippen LogP contribution >= 0.6 is 0 Å². The summed E-state index contributed by atoms with van der Waals surface area (Å²) in [5.74, 6) is -0.765. The van der Waals surface area contributed by atoms with Crippen LogP contribution in [0.25, 0.3) is 0 Å². The fraction of sp³-hybridized carbons (Fsp3) is 0.533. The number of carbonyl (C=O) groups excluding carboxylic acids is 2. The third-order valence-electron chi connectivity index (χ3n) is 4.26. The molecule has 6 nitrogen and oxygen atoms in total. The number of pyridine rings is 1. The second-order valence-electron chi connectivity index (χ2n) is 5.60. The SMILES string of the molecule is O=C([O-])c1cc(C2CCN(C(=O)C3COC3)CC2)ccn1.[Li+]. The summed E-state index contributed by atoms with van der Waals surface area (Å²) in [6.45, 7) is 2.50. The number of carboxylic acid groups (broad SMARTS) is 1. The molecule has 1 aromatic heterocycles. The number of aromatic nitrogens is 1. The monoisotopic (exact) mass is 296 g/mol. The zero-order chi connectivity index (χ0) is 14.8. The first-order valence-electron chi connectivity index (χ1n) is 7.19. The number of ether oxygens (including phenoxy) is 1. The molecule has 2 aliphatic heterocycles. The number of likely N-dealkylation sites (tertiary alicyclic amines) is 1. The molecule has 112 valence electrons. The van der Waals surface area contributed by atoms with Gasteiger partial charge in [0.1, 0.15) is 0 Å². The van der Waals surface area contributed by atoms with Crippen LogP contribution in [0.5, 0.6) is 0 Å². The topological polar surface area (TPSA) is 82.6 Å². The van der Waals surface area contributed by atoms with Gasteiger partial charge in [-0.3, -0.25) is 9.78 Å². The number of piperidine rings is 1. The van der Waals surface area contributed by atoms with E-state index in [0.717, 1.165) is 18.4 Å². The van der Waals surface area contributed by atoms with Gasteiger partial charge in [0.05, 0.1) is 30.8 Å². The third-order valence-corrected chi connectivity index (χ3v) is 4.26. The van der Waals surface area contributed by atoms with Crippen LogP contribution in [-0.4, -0.2) is 48.1 Å². The second kappa shape index (κ2) is 7.27. The van der Waals surface area contributed by atoms with Crippen LogP contribution in [0, 0.1) is 5.92 Å². The van der Waals surface area contributed by atoms with Crippen LogP contribution in [0.4, 0.5) is 0 Å². The van der Waals surface area contributed by atoms with E-state index in [2.05, 4.69) is 4.98 Å². The first kappa shape index (κ1) is 17.0. The molecule has 7 heteroatoms. The zero-order valence-electron chi connectivity index (χ0n) is 12.7. The summed E-state index contributed by atoms with van der Waals surface area (Å²) in [6, 6.07) is 3.42. The van der Waals surface area contributed by atoms with Gasteiger partial charge in [-0.2, -0.15) is 0 Å². The fourth-order valence-electron chi connectivity index (χ4n) is 2.88. The summed E-state index contributed by atoms with van der Waals surface area (Å²) in [6.07, 6.45) is 3.19. The Kier molecular flexibility index (Phi) is 5.62. The summed E-state index contributed by atoms with van der Waals surface area (Å²) >= 11 is 0. The van der Waals surface area contributed by atoms with Gasteiger partial charge in [-0.25, -0.2) is 0 Å². The van der Waals surface area contributed by atoms with E-state index < -0.39 is 5.97 Å². The normalized spacial score (nSPS) is 19.2. The Morgan fingerprint density at radius 3 is 2.50 bits per heavy atom. The maximum absolute atomic E-state index is 12.1. The number of nitrogens with zero attached hydrogens (tertiary/aromatic N) is 2. The maximum Gasteiger partial charge on any atom is 1.00 e. The van der Waals surface area contributed by atoms with Crippen molar-refractivity contribution in [3.05, 3.63) is 29.6 Å². The van der Waals surface area contributed by atoms with Gasteiger partial charge in [-0.15, -0.1) is 0 Å². The van der Waals surface area contributed by atoms with Gasteiger partial charge in [-0.05, 0) is 36.5 Å². The quantitative estimate of drug-likeness (QED) is 0.549. The van der Waals surface area contributed by atoms with E-state index in [1.165, 1.54) is 6.20 Å². The van der Waals surface area contributed by atoms with Gasteiger partial charge in [0, 0.05) is 19.3 Å². The van der Waals surface area contributed by atoms with E-state index in [0.29, 0.717) is 26.3 Å². The predicted octanol–water partition coefficient (Wildman–Crippen LogP) is -3.20. The van der Waals surface area contributed by atoms with E-state index in [1.807, 2.05) is 11.0 Å². The molecule has 3 heterocycles. The minimum absolute atomic E-state index is 0. The van der Waals surface area contributed by atoms with Crippen molar-refractivity contribution in [2.75, 3.05) is 26.3 Å². The Morgan fingerprint density at radius 2 is 1.95 bits per heavy atom. The average Bonchev–Trinajstić information content (AvgIpc) is 2.46. The van der Waals surface area contributed by atoms with Crippen LogP contribution in [0.15, 0.2) is 18.3 Å². The van der Waals surface area contributed by atoms with Gasteiger partial charge < -0.3 is 19.5 Å². The van der Waals surface area contributed by atoms with Crippen molar-refractivity contribution in [1.29, 1.82) is 0 Å². The van der Waals surface area contributed by atoms with E-state index in [-0.39, 0.29) is 42.3 Å². The number of aromatic carboxylic acids is 1. The van der Waals surface area contributed by atoms with Crippen molar-refractivity contribution in [3.63, 3.8) is 0 Å². The number of rotatable bonds is 3. The van der Waals surface area contributed by atoms with Gasteiger partial charge in [0.2, 0.25) is 5.91 Å². The molecular weight excluding hydrogens is 279 g/mol. The Labute approximate surface area is 141 Å². The van der Waals surface area contributed by atoms with Crippen molar-refractivity contribution in [3.8, 4) is 0 Å². The number of hydrogen-bond acceptors (Lipinski definition) is 5. The van der Waals surface area contributed by atoms with Crippen LogP contribution in [-0.2, 0) is 9.53 Å². The fourth-order valence-corrected chi connectivity index (χ4v) is 2.88. The summed E-state index contributed by atoms with van der Waals surface area (Å²) in [4.78, 5) is 28.6. The maximum atomic E-state index is 12.1. The Balaban J connectivity index is 0.00000176. The molecule has 22 heavy (non-hydrogen) atoms. The molecular formula is C15H17LiN2O4. The van der Waals surface area contributed by atoms with E-state index in [4.69, 9.17) is 4.74 Å². The smallest absolute Gasteiger partial charge is 0.543 e. The molecule has 0 atom stereocenters. The third kappa shape index (κ3) is 3.51. The molecule has 2 aliphatic rings. The van der Waals surface area contributed by atoms with Crippen LogP contribution < -0.4 is 24.0 Å². The molecule has 0 unspecified atom stereocenters. The molecule has 0 radical (unpaired) electrons. The summed E-state index contributed by atoms with van der Waals surface area (Å²) in [5, 5.41) is 10.9. The molecule has 1 amide bonds. The van der Waals surface area contributed by atoms with Crippen molar-refractivity contribution in [2.24, 2.45) is 5.92 Å². The van der Waals surface area contributed by atoms with Crippen molar-refractivity contribution in [1.82, 2.24) is 9.88 Å². The van der Waals surface area contributed by atoms with Crippen molar-refractivity contribution < 1.29 is 38.3 Å². The molecule has 1 aromatic rings. The second-order valence-corrected chi connectivity index (χ2v) is 5.60. The number of carboxylic acids is 1. The Morgan fingerprint density at radius 1 is 1.27 bits per heavy atom. The number of carbonyl (C=O) groups is 2. The molecule has 2 fully saturated rings. The minimum atomic E-state index is -1.26. The van der Waals surface area contributed by atoms with Gasteiger partial charge in [-0.1, -0.05) is 0 Å². The first-order chi connectivity index (χ1) is 10.1. The van der Waals surface area contributed by atoms with E-state index in [1.54, 1.807) is 6.07 Å². The van der Waals surface area contributed by atoms with Gasteiger partial charge in [0.15, 0.2) is 0 Å². The van der Waals surface area contributed by atoms with E-state index in [9.17, 15) is 14.7 Å². The predicted molar refractivity (Wildman–Crippen MR) is 71.4 cm³/mol. The molecule has 3 rings (SSSR count). The molecule has 0 aromatic carbocycles. The largest absolute Gasteiger partial charge is 1.00 e.